The van der Waals surface area contributed by atoms with Crippen LogP contribution in [0.1, 0.15) is 12.6 Å². The Bertz CT molecular complexity index is 820. The molecule has 1 aliphatic heterocycles. The highest BCUT2D eigenvalue weighted by Crippen LogP contribution is 2.37. The Balaban J connectivity index is 2.15. The lowest BCUT2D eigenvalue weighted by Gasteiger charge is -2.10. The molecule has 2 aromatic rings. The number of aromatic nitrogens is 1. The summed E-state index contributed by atoms with van der Waals surface area (Å²) in [5.74, 6) is -0.195. The lowest BCUT2D eigenvalue weighted by atomic mass is 10.1. The van der Waals surface area contributed by atoms with Gasteiger partial charge in [-0.25, -0.2) is 9.78 Å². The standard InChI is InChI=1S/C16H13N3O5/c1-2-23-16(20)13(14-11(19(21)22)7-5-9-17-14)15-18-10-6-3-4-8-12(10)24-15/h3-9,18H,2H2,1H3. The predicted molar refractivity (Wildman–Crippen MR) is 85.1 cm³/mol. The highest BCUT2D eigenvalue weighted by Gasteiger charge is 2.32. The summed E-state index contributed by atoms with van der Waals surface area (Å²) in [5.41, 5.74) is 0.0962. The van der Waals surface area contributed by atoms with Gasteiger partial charge < -0.3 is 14.8 Å². The van der Waals surface area contributed by atoms with Gasteiger partial charge in [0.25, 0.3) is 5.69 Å². The van der Waals surface area contributed by atoms with E-state index in [-0.39, 0.29) is 29.4 Å². The predicted octanol–water partition coefficient (Wildman–Crippen LogP) is 2.73. The quantitative estimate of drug-likeness (QED) is 0.398. The number of ether oxygens (including phenoxy) is 2. The number of anilines is 1. The Labute approximate surface area is 136 Å². The highest BCUT2D eigenvalue weighted by molar-refractivity contribution is 6.18. The summed E-state index contributed by atoms with van der Waals surface area (Å²) in [6.07, 6.45) is 1.37. The number of pyridine rings is 1. The molecule has 8 nitrogen and oxygen atoms in total. The van der Waals surface area contributed by atoms with Gasteiger partial charge >= 0.3 is 5.97 Å². The van der Waals surface area contributed by atoms with Crippen molar-refractivity contribution in [3.8, 4) is 5.75 Å². The van der Waals surface area contributed by atoms with Crippen molar-refractivity contribution in [3.63, 3.8) is 0 Å². The minimum Gasteiger partial charge on any atom is -0.462 e. The summed E-state index contributed by atoms with van der Waals surface area (Å²) >= 11 is 0. The second-order valence-corrected chi connectivity index (χ2v) is 4.78. The Hall–Kier alpha value is -3.42. The van der Waals surface area contributed by atoms with Crippen molar-refractivity contribution in [2.45, 2.75) is 6.92 Å². The number of fused-ring (bicyclic) bond motifs is 1. The molecule has 0 radical (unpaired) electrons. The van der Waals surface area contributed by atoms with Crippen molar-refractivity contribution in [2.24, 2.45) is 0 Å². The monoisotopic (exact) mass is 327 g/mol. The smallest absolute Gasteiger partial charge is 0.346 e. The van der Waals surface area contributed by atoms with Gasteiger partial charge in [0.1, 0.15) is 0 Å². The van der Waals surface area contributed by atoms with Crippen molar-refractivity contribution in [2.75, 3.05) is 11.9 Å². The van der Waals surface area contributed by atoms with Crippen LogP contribution < -0.4 is 10.1 Å². The minimum absolute atomic E-state index is 0.0523. The summed E-state index contributed by atoms with van der Waals surface area (Å²) < 4.78 is 10.7. The van der Waals surface area contributed by atoms with Crippen molar-refractivity contribution in [1.29, 1.82) is 0 Å². The van der Waals surface area contributed by atoms with E-state index in [1.807, 2.05) is 0 Å². The van der Waals surface area contributed by atoms with Gasteiger partial charge in [0, 0.05) is 12.3 Å². The number of benzene rings is 1. The molecule has 8 heteroatoms. The number of nitrogens with one attached hydrogen (secondary N) is 1. The number of esters is 1. The number of para-hydroxylation sites is 2. The second kappa shape index (κ2) is 6.37. The molecule has 0 atom stereocenters. The summed E-state index contributed by atoms with van der Waals surface area (Å²) in [4.78, 5) is 27.0. The molecule has 0 saturated carbocycles. The van der Waals surface area contributed by atoms with Crippen molar-refractivity contribution in [1.82, 2.24) is 4.98 Å². The average Bonchev–Trinajstić information content (AvgIpc) is 2.99. The fraction of sp³-hybridized carbons (Fsp3) is 0.125. The van der Waals surface area contributed by atoms with E-state index in [1.54, 1.807) is 31.2 Å². The van der Waals surface area contributed by atoms with Crippen LogP contribution in [0.25, 0.3) is 5.57 Å². The SMILES string of the molecule is CCOC(=O)C(=C1Nc2ccccc2O1)c1ncccc1[N+](=O)[O-]. The van der Waals surface area contributed by atoms with Gasteiger partial charge in [-0.15, -0.1) is 0 Å². The van der Waals surface area contributed by atoms with Crippen LogP contribution in [-0.4, -0.2) is 22.5 Å². The molecule has 122 valence electrons. The van der Waals surface area contributed by atoms with Crippen LogP contribution in [0.3, 0.4) is 0 Å². The van der Waals surface area contributed by atoms with Crippen molar-refractivity contribution >= 4 is 22.9 Å². The van der Waals surface area contributed by atoms with Crippen LogP contribution in [0.5, 0.6) is 5.75 Å². The van der Waals surface area contributed by atoms with Crippen LogP contribution >= 0.6 is 0 Å². The molecule has 24 heavy (non-hydrogen) atoms. The molecular formula is C16H13N3O5. The topological polar surface area (TPSA) is 104 Å². The van der Waals surface area contributed by atoms with Gasteiger partial charge in [-0.2, -0.15) is 0 Å². The number of hydrogen-bond acceptors (Lipinski definition) is 7. The molecule has 3 rings (SSSR count). The molecule has 0 fully saturated rings. The molecule has 2 heterocycles. The van der Waals surface area contributed by atoms with E-state index in [0.29, 0.717) is 11.4 Å². The molecule has 0 bridgehead atoms. The Morgan fingerprint density at radius 1 is 1.33 bits per heavy atom. The third-order valence-corrected chi connectivity index (χ3v) is 3.27. The van der Waals surface area contributed by atoms with E-state index in [9.17, 15) is 14.9 Å². The fourth-order valence-electron chi connectivity index (χ4n) is 2.27. The normalized spacial score (nSPS) is 14.2. The number of carbonyl (C=O) groups excluding carboxylic acids is 1. The molecule has 0 spiro atoms. The average molecular weight is 327 g/mol. The fourth-order valence-corrected chi connectivity index (χ4v) is 2.27. The molecule has 1 aromatic carbocycles. The van der Waals surface area contributed by atoms with Gasteiger partial charge in [0.2, 0.25) is 5.88 Å². The van der Waals surface area contributed by atoms with E-state index in [4.69, 9.17) is 9.47 Å². The lowest BCUT2D eigenvalue weighted by Crippen LogP contribution is -2.15. The van der Waals surface area contributed by atoms with E-state index in [0.717, 1.165) is 0 Å². The maximum Gasteiger partial charge on any atom is 0.346 e. The van der Waals surface area contributed by atoms with Crippen LogP contribution in [0, 0.1) is 10.1 Å². The first-order chi connectivity index (χ1) is 11.6. The van der Waals surface area contributed by atoms with Gasteiger partial charge in [0.05, 0.1) is 17.2 Å². The third kappa shape index (κ3) is 2.76. The zero-order valence-corrected chi connectivity index (χ0v) is 12.7. The van der Waals surface area contributed by atoms with Gasteiger partial charge in [-0.1, -0.05) is 12.1 Å². The van der Waals surface area contributed by atoms with Gasteiger partial charge in [-0.05, 0) is 25.1 Å². The minimum atomic E-state index is -0.755. The first kappa shape index (κ1) is 15.5. The van der Waals surface area contributed by atoms with E-state index in [2.05, 4.69) is 10.3 Å². The zero-order chi connectivity index (χ0) is 17.1. The molecule has 1 aliphatic rings. The number of hydrogen-bond donors (Lipinski definition) is 1. The van der Waals surface area contributed by atoms with Crippen LogP contribution in [0.15, 0.2) is 48.5 Å². The van der Waals surface area contributed by atoms with Crippen molar-refractivity contribution < 1.29 is 19.2 Å². The van der Waals surface area contributed by atoms with Gasteiger partial charge in [-0.3, -0.25) is 10.1 Å². The maximum atomic E-state index is 12.4. The number of nitrogens with zero attached hydrogens (tertiary/aromatic N) is 2. The molecular weight excluding hydrogens is 314 g/mol. The largest absolute Gasteiger partial charge is 0.462 e. The summed E-state index contributed by atoms with van der Waals surface area (Å²) in [6.45, 7) is 1.76. The van der Waals surface area contributed by atoms with Gasteiger partial charge in [0.15, 0.2) is 17.0 Å². The summed E-state index contributed by atoms with van der Waals surface area (Å²) in [7, 11) is 0. The first-order valence-corrected chi connectivity index (χ1v) is 7.17. The second-order valence-electron chi connectivity index (χ2n) is 4.78. The number of carbonyl (C=O) groups is 1. The first-order valence-electron chi connectivity index (χ1n) is 7.17. The van der Waals surface area contributed by atoms with E-state index >= 15 is 0 Å². The van der Waals surface area contributed by atoms with E-state index < -0.39 is 10.9 Å². The van der Waals surface area contributed by atoms with Crippen molar-refractivity contribution in [3.05, 3.63) is 64.3 Å². The van der Waals surface area contributed by atoms with E-state index in [1.165, 1.54) is 18.3 Å². The van der Waals surface area contributed by atoms with Crippen LogP contribution in [0.4, 0.5) is 11.4 Å². The number of nitro groups is 1. The molecule has 1 aromatic heterocycles. The molecule has 1 N–H and O–H groups in total. The Morgan fingerprint density at radius 3 is 2.83 bits per heavy atom. The molecule has 0 aliphatic carbocycles. The molecule has 0 unspecified atom stereocenters. The number of rotatable bonds is 4. The Morgan fingerprint density at radius 2 is 2.12 bits per heavy atom. The lowest BCUT2D eigenvalue weighted by molar-refractivity contribution is -0.385. The highest BCUT2D eigenvalue weighted by atomic mass is 16.6. The molecule has 0 amide bonds. The molecule has 0 saturated heterocycles. The van der Waals surface area contributed by atoms with Crippen LogP contribution in [0.2, 0.25) is 0 Å². The zero-order valence-electron chi connectivity index (χ0n) is 12.7. The summed E-state index contributed by atoms with van der Waals surface area (Å²) in [5, 5.41) is 14.2. The third-order valence-electron chi connectivity index (χ3n) is 3.27. The van der Waals surface area contributed by atoms with Crippen LogP contribution in [-0.2, 0) is 9.53 Å². The summed E-state index contributed by atoms with van der Waals surface area (Å²) in [6, 6.07) is 9.74. The maximum absolute atomic E-state index is 12.4. The Kier molecular flexibility index (Phi) is 4.11.